The van der Waals surface area contributed by atoms with Crippen LogP contribution in [0.3, 0.4) is 0 Å². The van der Waals surface area contributed by atoms with Gasteiger partial charge >= 0.3 is 0 Å². The van der Waals surface area contributed by atoms with Crippen molar-refractivity contribution in [2.75, 3.05) is 41.8 Å². The monoisotopic (exact) mass is 368 g/mol. The maximum absolute atomic E-state index is 12.5. The Morgan fingerprint density at radius 3 is 2.81 bits per heavy atom. The fourth-order valence-corrected chi connectivity index (χ4v) is 2.99. The molecule has 2 aromatic rings. The molecule has 1 saturated heterocycles. The van der Waals surface area contributed by atoms with Crippen LogP contribution in [0, 0.1) is 0 Å². The second kappa shape index (κ2) is 7.24. The molecule has 8 nitrogen and oxygen atoms in total. The minimum Gasteiger partial charge on any atom is -0.479 e. The molecule has 2 N–H and O–H groups in total. The normalized spacial score (nSPS) is 18.9. The van der Waals surface area contributed by atoms with Crippen LogP contribution in [-0.2, 0) is 9.53 Å². The number of anilines is 3. The summed E-state index contributed by atoms with van der Waals surface area (Å²) in [5.41, 5.74) is 1.56. The Morgan fingerprint density at radius 1 is 1.26 bits per heavy atom. The van der Waals surface area contributed by atoms with Gasteiger partial charge in [-0.15, -0.1) is 0 Å². The number of nitrogens with one attached hydrogen (secondary N) is 2. The van der Waals surface area contributed by atoms with E-state index < -0.39 is 6.10 Å². The van der Waals surface area contributed by atoms with E-state index in [0.29, 0.717) is 35.9 Å². The number of hydrogen-bond acceptors (Lipinski definition) is 6. The van der Waals surface area contributed by atoms with E-state index in [9.17, 15) is 9.59 Å². The molecule has 0 saturated carbocycles. The predicted molar refractivity (Wildman–Crippen MR) is 100 cm³/mol. The van der Waals surface area contributed by atoms with Crippen molar-refractivity contribution in [1.82, 2.24) is 4.98 Å². The Hall–Kier alpha value is -3.13. The third-order valence-electron chi connectivity index (χ3n) is 4.51. The molecule has 8 heteroatoms. The molecular formula is C19H20N4O4. The summed E-state index contributed by atoms with van der Waals surface area (Å²) in [6.45, 7) is 4.63. The summed E-state index contributed by atoms with van der Waals surface area (Å²) in [5.74, 6) is 0.926. The number of hydrogen-bond donors (Lipinski definition) is 2. The molecule has 2 aliphatic rings. The first-order chi connectivity index (χ1) is 13.1. The summed E-state index contributed by atoms with van der Waals surface area (Å²) < 4.78 is 10.8. The molecule has 1 atom stereocenters. The zero-order valence-electron chi connectivity index (χ0n) is 14.9. The molecule has 140 valence electrons. The zero-order valence-corrected chi connectivity index (χ0v) is 14.9. The Morgan fingerprint density at radius 2 is 2.07 bits per heavy atom. The van der Waals surface area contributed by atoms with E-state index >= 15 is 0 Å². The number of morpholine rings is 1. The largest absolute Gasteiger partial charge is 0.479 e. The Kier molecular flexibility index (Phi) is 4.64. The van der Waals surface area contributed by atoms with Gasteiger partial charge < -0.3 is 25.0 Å². The topological polar surface area (TPSA) is 92.8 Å². The fourth-order valence-electron chi connectivity index (χ4n) is 2.99. The van der Waals surface area contributed by atoms with E-state index in [1.54, 1.807) is 37.4 Å². The number of carbonyl (C=O) groups is 2. The minimum absolute atomic E-state index is 0.214. The number of nitrogens with zero attached hydrogens (tertiary/aromatic N) is 2. The molecule has 4 rings (SSSR count). The number of carbonyl (C=O) groups excluding carboxylic acids is 2. The number of benzene rings is 1. The molecule has 0 aliphatic carbocycles. The maximum atomic E-state index is 12.5. The lowest BCUT2D eigenvalue weighted by Gasteiger charge is -2.27. The van der Waals surface area contributed by atoms with Crippen LogP contribution < -0.4 is 20.3 Å². The highest BCUT2D eigenvalue weighted by Gasteiger charge is 2.23. The quantitative estimate of drug-likeness (QED) is 0.860. The lowest BCUT2D eigenvalue weighted by Crippen LogP contribution is -2.36. The molecule has 1 aromatic carbocycles. The van der Waals surface area contributed by atoms with Crippen molar-refractivity contribution in [3.05, 3.63) is 42.1 Å². The van der Waals surface area contributed by atoms with Gasteiger partial charge in [-0.25, -0.2) is 4.98 Å². The molecule has 0 spiro atoms. The second-order valence-electron chi connectivity index (χ2n) is 6.42. The van der Waals surface area contributed by atoms with Crippen molar-refractivity contribution in [2.24, 2.45) is 0 Å². The third kappa shape index (κ3) is 3.70. The van der Waals surface area contributed by atoms with Crippen molar-refractivity contribution >= 4 is 29.0 Å². The predicted octanol–water partition coefficient (Wildman–Crippen LogP) is 1.89. The Balaban J connectivity index is 1.44. The molecule has 3 heterocycles. The fraction of sp³-hybridized carbons (Fsp3) is 0.316. The molecule has 1 aromatic heterocycles. The molecule has 2 amide bonds. The van der Waals surface area contributed by atoms with E-state index in [0.717, 1.165) is 18.9 Å². The van der Waals surface area contributed by atoms with Gasteiger partial charge in [0.15, 0.2) is 6.10 Å². The second-order valence-corrected chi connectivity index (χ2v) is 6.42. The molecule has 0 radical (unpaired) electrons. The Labute approximate surface area is 156 Å². The van der Waals surface area contributed by atoms with E-state index in [1.807, 2.05) is 6.07 Å². The first kappa shape index (κ1) is 17.3. The van der Waals surface area contributed by atoms with Crippen molar-refractivity contribution in [3.63, 3.8) is 0 Å². The smallest absolute Gasteiger partial charge is 0.265 e. The van der Waals surface area contributed by atoms with Crippen molar-refractivity contribution in [3.8, 4) is 5.75 Å². The molecule has 0 bridgehead atoms. The third-order valence-corrected chi connectivity index (χ3v) is 4.51. The molecule has 2 aliphatic heterocycles. The van der Waals surface area contributed by atoms with Crippen LogP contribution in [0.1, 0.15) is 17.3 Å². The minimum atomic E-state index is -0.533. The average Bonchev–Trinajstić information content (AvgIpc) is 2.70. The molecule has 27 heavy (non-hydrogen) atoms. The highest BCUT2D eigenvalue weighted by Crippen LogP contribution is 2.32. The zero-order chi connectivity index (χ0) is 18.8. The summed E-state index contributed by atoms with van der Waals surface area (Å²) in [6.07, 6.45) is 1.03. The first-order valence-electron chi connectivity index (χ1n) is 8.82. The number of ether oxygens (including phenoxy) is 2. The number of aromatic nitrogens is 1. The summed E-state index contributed by atoms with van der Waals surface area (Å²) in [7, 11) is 0. The van der Waals surface area contributed by atoms with Gasteiger partial charge in [-0.2, -0.15) is 0 Å². The summed E-state index contributed by atoms with van der Waals surface area (Å²) in [4.78, 5) is 30.7. The lowest BCUT2D eigenvalue weighted by atomic mass is 10.2. The van der Waals surface area contributed by atoms with Gasteiger partial charge in [0, 0.05) is 25.0 Å². The number of fused-ring (bicyclic) bond motifs is 1. The van der Waals surface area contributed by atoms with Gasteiger partial charge in [0.2, 0.25) is 0 Å². The van der Waals surface area contributed by atoms with Crippen LogP contribution in [0.4, 0.5) is 17.2 Å². The van der Waals surface area contributed by atoms with Crippen LogP contribution in [0.5, 0.6) is 5.75 Å². The Bertz CT molecular complexity index is 863. The number of pyridine rings is 1. The standard InChI is InChI=1S/C19H20N4O4/c1-12-18(24)22-15-10-14(3-4-16(15)27-12)21-19(25)13-2-5-17(20-11-13)23-6-8-26-9-7-23/h2-5,10-12H,6-9H2,1H3,(H,21,25)(H,22,24). The van der Waals surface area contributed by atoms with Crippen molar-refractivity contribution in [1.29, 1.82) is 0 Å². The number of amides is 2. The van der Waals surface area contributed by atoms with Gasteiger partial charge in [-0.3, -0.25) is 9.59 Å². The van der Waals surface area contributed by atoms with Crippen LogP contribution in [-0.4, -0.2) is 49.2 Å². The maximum Gasteiger partial charge on any atom is 0.265 e. The molecule has 1 unspecified atom stereocenters. The average molecular weight is 368 g/mol. The SMILES string of the molecule is CC1Oc2ccc(NC(=O)c3ccc(N4CCOCC4)nc3)cc2NC1=O. The summed E-state index contributed by atoms with van der Waals surface area (Å²) >= 11 is 0. The van der Waals surface area contributed by atoms with Gasteiger partial charge in [0.05, 0.1) is 24.5 Å². The van der Waals surface area contributed by atoms with Crippen LogP contribution >= 0.6 is 0 Å². The van der Waals surface area contributed by atoms with Gasteiger partial charge in [-0.1, -0.05) is 0 Å². The van der Waals surface area contributed by atoms with Crippen LogP contribution in [0.25, 0.3) is 0 Å². The van der Waals surface area contributed by atoms with Crippen molar-refractivity contribution < 1.29 is 19.1 Å². The van der Waals surface area contributed by atoms with E-state index in [1.165, 1.54) is 0 Å². The molecular weight excluding hydrogens is 348 g/mol. The first-order valence-corrected chi connectivity index (χ1v) is 8.82. The summed E-state index contributed by atoms with van der Waals surface area (Å²) in [6, 6.07) is 8.71. The van der Waals surface area contributed by atoms with Crippen LogP contribution in [0.2, 0.25) is 0 Å². The van der Waals surface area contributed by atoms with E-state index in [4.69, 9.17) is 9.47 Å². The van der Waals surface area contributed by atoms with Gasteiger partial charge in [0.25, 0.3) is 11.8 Å². The van der Waals surface area contributed by atoms with Crippen LogP contribution in [0.15, 0.2) is 36.5 Å². The summed E-state index contributed by atoms with van der Waals surface area (Å²) in [5, 5.41) is 5.58. The lowest BCUT2D eigenvalue weighted by molar-refractivity contribution is -0.122. The molecule has 1 fully saturated rings. The van der Waals surface area contributed by atoms with E-state index in [-0.39, 0.29) is 11.8 Å². The highest BCUT2D eigenvalue weighted by molar-refractivity contribution is 6.05. The van der Waals surface area contributed by atoms with E-state index in [2.05, 4.69) is 20.5 Å². The highest BCUT2D eigenvalue weighted by atomic mass is 16.5. The van der Waals surface area contributed by atoms with Crippen molar-refractivity contribution in [2.45, 2.75) is 13.0 Å². The number of rotatable bonds is 3. The van der Waals surface area contributed by atoms with Gasteiger partial charge in [0.1, 0.15) is 11.6 Å². The van der Waals surface area contributed by atoms with Gasteiger partial charge in [-0.05, 0) is 37.3 Å².